The Hall–Kier alpha value is -4.60. The number of allylic oxidation sites excluding steroid dienone is 3. The molecule has 1 atom stereocenters. The molecule has 0 saturated heterocycles. The number of nitrogens with one attached hydrogen (secondary N) is 1. The smallest absolute Gasteiger partial charge is 0.467 e. The van der Waals surface area contributed by atoms with Crippen LogP contribution in [0.15, 0.2) is 82.4 Å². The standard InChI is InChI=1S/C25H21N5O5/c31-22(26-15-18-6-5-13-35-18)10-12-29-24(33)19-7-1-2-8-20(19)30(25(29)34)16-17-14-23(32)28-11-4-3-9-21(28)27-17/h1-9,11,13-14,19H,10,12,15-16H2/p+1. The molecular formula is C25H22N5O5+. The topological polar surface area (TPSA) is 117 Å². The average molecular weight is 472 g/mol. The molecule has 0 aromatic carbocycles. The molecule has 0 saturated carbocycles. The molecule has 35 heavy (non-hydrogen) atoms. The van der Waals surface area contributed by atoms with Crippen molar-refractivity contribution >= 4 is 29.2 Å². The zero-order valence-electron chi connectivity index (χ0n) is 18.7. The molecule has 3 aromatic rings. The zero-order valence-corrected chi connectivity index (χ0v) is 18.7. The molecule has 0 bridgehead atoms. The van der Waals surface area contributed by atoms with E-state index in [-0.39, 0.29) is 37.5 Å². The van der Waals surface area contributed by atoms with E-state index in [2.05, 4.69) is 10.3 Å². The van der Waals surface area contributed by atoms with Crippen LogP contribution < -0.4 is 10.9 Å². The van der Waals surface area contributed by atoms with Gasteiger partial charge in [-0.05, 0) is 30.3 Å². The Morgan fingerprint density at radius 1 is 1.14 bits per heavy atom. The van der Waals surface area contributed by atoms with E-state index < -0.39 is 17.9 Å². The lowest BCUT2D eigenvalue weighted by Crippen LogP contribution is -2.54. The number of carbonyl (C=O) groups excluding carboxylic acids is 3. The van der Waals surface area contributed by atoms with Crippen LogP contribution in [0.2, 0.25) is 0 Å². The molecule has 176 valence electrons. The van der Waals surface area contributed by atoms with Crippen LogP contribution in [0.1, 0.15) is 17.9 Å². The lowest BCUT2D eigenvalue weighted by molar-refractivity contribution is -0.457. The van der Waals surface area contributed by atoms with Crippen LogP contribution in [0, 0.1) is 5.92 Å². The van der Waals surface area contributed by atoms with Gasteiger partial charge in [0, 0.05) is 12.3 Å². The van der Waals surface area contributed by atoms with Crippen molar-refractivity contribution in [1.29, 1.82) is 0 Å². The Morgan fingerprint density at radius 2 is 2.03 bits per heavy atom. The summed E-state index contributed by atoms with van der Waals surface area (Å²) in [4.78, 5) is 56.9. The number of hydrogen-bond acceptors (Lipinski definition) is 6. The Labute approximate surface area is 199 Å². The second-order valence-corrected chi connectivity index (χ2v) is 8.13. The Balaban J connectivity index is 1.38. The van der Waals surface area contributed by atoms with Gasteiger partial charge in [0.2, 0.25) is 5.91 Å². The van der Waals surface area contributed by atoms with Gasteiger partial charge in [-0.1, -0.05) is 24.3 Å². The normalized spacial score (nSPS) is 17.3. The molecule has 10 nitrogen and oxygen atoms in total. The summed E-state index contributed by atoms with van der Waals surface area (Å²) in [6, 6.07) is 9.49. The summed E-state index contributed by atoms with van der Waals surface area (Å²) < 4.78 is 8.04. The maximum absolute atomic E-state index is 13.4. The minimum absolute atomic E-state index is 0.0119. The largest absolute Gasteiger partial charge is 0.501 e. The summed E-state index contributed by atoms with van der Waals surface area (Å²) in [6.45, 7) is 0.155. The third-order valence-electron chi connectivity index (χ3n) is 5.85. The minimum Gasteiger partial charge on any atom is -0.467 e. The SMILES string of the molecule is O=C(CCN1C(=O)C2C=CC=CC2=[N+](Cc2cc(=O)n3ccccc3n2)C1=O)NCc1ccco1. The monoisotopic (exact) mass is 472 g/mol. The van der Waals surface area contributed by atoms with E-state index in [1.165, 1.54) is 21.3 Å². The first-order valence-electron chi connectivity index (χ1n) is 11.1. The van der Waals surface area contributed by atoms with Crippen LogP contribution in [0.5, 0.6) is 0 Å². The number of imide groups is 1. The van der Waals surface area contributed by atoms with E-state index in [9.17, 15) is 19.2 Å². The third-order valence-corrected chi connectivity index (χ3v) is 5.85. The van der Waals surface area contributed by atoms with Gasteiger partial charge in [-0.3, -0.25) is 14.0 Å². The first-order chi connectivity index (χ1) is 17.0. The fraction of sp³-hybridized carbons (Fsp3) is 0.200. The second-order valence-electron chi connectivity index (χ2n) is 8.13. The van der Waals surface area contributed by atoms with Crippen molar-refractivity contribution in [2.24, 2.45) is 5.92 Å². The molecule has 1 unspecified atom stereocenters. The highest BCUT2D eigenvalue weighted by Crippen LogP contribution is 2.21. The van der Waals surface area contributed by atoms with E-state index in [4.69, 9.17) is 4.42 Å². The maximum Gasteiger partial charge on any atom is 0.501 e. The number of hydrogen-bond donors (Lipinski definition) is 1. The van der Waals surface area contributed by atoms with Crippen molar-refractivity contribution in [2.75, 3.05) is 6.54 Å². The number of pyridine rings is 1. The van der Waals surface area contributed by atoms with Gasteiger partial charge in [0.15, 0.2) is 0 Å². The predicted molar refractivity (Wildman–Crippen MR) is 124 cm³/mol. The van der Waals surface area contributed by atoms with Crippen molar-refractivity contribution < 1.29 is 23.4 Å². The molecular weight excluding hydrogens is 450 g/mol. The number of fused-ring (bicyclic) bond motifs is 2. The number of carbonyl (C=O) groups is 3. The van der Waals surface area contributed by atoms with E-state index in [0.717, 1.165) is 4.90 Å². The number of furan rings is 1. The molecule has 1 aliphatic carbocycles. The third kappa shape index (κ3) is 4.45. The first-order valence-corrected chi connectivity index (χ1v) is 11.1. The molecule has 10 heteroatoms. The van der Waals surface area contributed by atoms with Crippen molar-refractivity contribution in [3.8, 4) is 0 Å². The van der Waals surface area contributed by atoms with Gasteiger partial charge in [0.25, 0.3) is 5.56 Å². The van der Waals surface area contributed by atoms with Gasteiger partial charge in [0.1, 0.15) is 36.1 Å². The summed E-state index contributed by atoms with van der Waals surface area (Å²) in [5, 5.41) is 2.71. The predicted octanol–water partition coefficient (Wildman–Crippen LogP) is 1.65. The van der Waals surface area contributed by atoms with E-state index in [0.29, 0.717) is 22.8 Å². The van der Waals surface area contributed by atoms with E-state index in [1.54, 1.807) is 60.8 Å². The number of urea groups is 1. The van der Waals surface area contributed by atoms with Gasteiger partial charge in [-0.15, -0.1) is 0 Å². The Morgan fingerprint density at radius 3 is 2.86 bits per heavy atom. The number of nitrogens with zero attached hydrogens (tertiary/aromatic N) is 4. The summed E-state index contributed by atoms with van der Waals surface area (Å²) in [6.07, 6.45) is 10.0. The summed E-state index contributed by atoms with van der Waals surface area (Å²) in [5.74, 6) is -0.768. The van der Waals surface area contributed by atoms with Gasteiger partial charge < -0.3 is 9.73 Å². The fourth-order valence-electron chi connectivity index (χ4n) is 4.13. The molecule has 5 rings (SSSR count). The highest BCUT2D eigenvalue weighted by molar-refractivity contribution is 6.16. The first kappa shape index (κ1) is 22.2. The quantitative estimate of drug-likeness (QED) is 0.523. The van der Waals surface area contributed by atoms with Gasteiger partial charge in [-0.2, -0.15) is 14.3 Å². The molecule has 4 amide bonds. The highest BCUT2D eigenvalue weighted by atomic mass is 16.3. The molecule has 0 spiro atoms. The van der Waals surface area contributed by atoms with Crippen LogP contribution in [-0.2, 0) is 22.7 Å². The number of amides is 4. The van der Waals surface area contributed by atoms with Crippen LogP contribution in [0.3, 0.4) is 0 Å². The minimum atomic E-state index is -0.662. The summed E-state index contributed by atoms with van der Waals surface area (Å²) >= 11 is 0. The zero-order chi connectivity index (χ0) is 24.4. The second kappa shape index (κ2) is 9.34. The van der Waals surface area contributed by atoms with Crippen molar-refractivity contribution in [1.82, 2.24) is 19.6 Å². The molecule has 0 fully saturated rings. The van der Waals surface area contributed by atoms with Gasteiger partial charge in [-0.25, -0.2) is 9.78 Å². The molecule has 1 aliphatic heterocycles. The van der Waals surface area contributed by atoms with Gasteiger partial charge in [0.05, 0.1) is 24.9 Å². The van der Waals surface area contributed by atoms with Crippen LogP contribution in [0.25, 0.3) is 5.65 Å². The van der Waals surface area contributed by atoms with E-state index in [1.807, 2.05) is 0 Å². The number of aromatic nitrogens is 2. The maximum atomic E-state index is 13.4. The number of rotatable bonds is 7. The Kier molecular flexibility index (Phi) is 5.92. The Bertz CT molecular complexity index is 1460. The average Bonchev–Trinajstić information content (AvgIpc) is 3.39. The summed E-state index contributed by atoms with van der Waals surface area (Å²) in [5.41, 5.74) is 1.10. The van der Waals surface area contributed by atoms with Crippen molar-refractivity contribution in [3.63, 3.8) is 0 Å². The highest BCUT2D eigenvalue weighted by Gasteiger charge is 2.46. The van der Waals surface area contributed by atoms with E-state index >= 15 is 0 Å². The van der Waals surface area contributed by atoms with Crippen LogP contribution >= 0.6 is 0 Å². The summed E-state index contributed by atoms with van der Waals surface area (Å²) in [7, 11) is 0. The van der Waals surface area contributed by atoms with Crippen molar-refractivity contribution in [2.45, 2.75) is 19.5 Å². The molecule has 0 radical (unpaired) electrons. The fourth-order valence-corrected chi connectivity index (χ4v) is 4.13. The van der Waals surface area contributed by atoms with Crippen LogP contribution in [-0.4, -0.2) is 49.0 Å². The molecule has 1 N–H and O–H groups in total. The van der Waals surface area contributed by atoms with Crippen molar-refractivity contribution in [3.05, 3.63) is 95.0 Å². The lowest BCUT2D eigenvalue weighted by atomic mass is 9.94. The lowest BCUT2D eigenvalue weighted by Gasteiger charge is -2.26. The van der Waals surface area contributed by atoms with Gasteiger partial charge >= 0.3 is 11.9 Å². The molecule has 2 aliphatic rings. The molecule has 4 heterocycles. The van der Waals surface area contributed by atoms with Crippen LogP contribution in [0.4, 0.5) is 4.79 Å². The molecule has 3 aromatic heterocycles.